The van der Waals surface area contributed by atoms with Crippen LogP contribution < -0.4 is 5.32 Å². The zero-order valence-electron chi connectivity index (χ0n) is 7.92. The van der Waals surface area contributed by atoms with Gasteiger partial charge in [0, 0.05) is 5.92 Å². The lowest BCUT2D eigenvalue weighted by molar-refractivity contribution is -0.130. The average Bonchev–Trinajstić information content (AvgIpc) is 1.84. The molecule has 0 aromatic rings. The summed E-state index contributed by atoms with van der Waals surface area (Å²) in [7, 11) is 0. The Bertz CT molecular complexity index is 170. The van der Waals surface area contributed by atoms with Crippen LogP contribution in [0.2, 0.25) is 0 Å². The van der Waals surface area contributed by atoms with E-state index < -0.39 is 5.72 Å². The fourth-order valence-electron chi connectivity index (χ4n) is 0.782. The van der Waals surface area contributed by atoms with E-state index in [1.165, 1.54) is 13.8 Å². The molecule has 12 heavy (non-hydrogen) atoms. The van der Waals surface area contributed by atoms with Crippen molar-refractivity contribution in [3.05, 3.63) is 12.7 Å². The van der Waals surface area contributed by atoms with Crippen molar-refractivity contribution in [2.24, 2.45) is 5.92 Å². The summed E-state index contributed by atoms with van der Waals surface area (Å²) in [5.41, 5.74) is -1.13. The average molecular weight is 171 g/mol. The van der Waals surface area contributed by atoms with E-state index in [-0.39, 0.29) is 11.8 Å². The molecule has 0 rings (SSSR count). The van der Waals surface area contributed by atoms with Crippen LogP contribution in [-0.2, 0) is 4.79 Å². The molecule has 0 saturated carbocycles. The second kappa shape index (κ2) is 4.26. The Morgan fingerprint density at radius 2 is 2.25 bits per heavy atom. The van der Waals surface area contributed by atoms with Crippen LogP contribution in [0, 0.1) is 5.92 Å². The topological polar surface area (TPSA) is 49.3 Å². The lowest BCUT2D eigenvalue weighted by atomic mass is 10.1. The van der Waals surface area contributed by atoms with Gasteiger partial charge in [-0.25, -0.2) is 0 Å². The van der Waals surface area contributed by atoms with E-state index in [9.17, 15) is 9.90 Å². The minimum atomic E-state index is -1.13. The maximum atomic E-state index is 11.2. The first-order valence-corrected chi connectivity index (χ1v) is 4.02. The highest BCUT2D eigenvalue weighted by molar-refractivity contribution is 5.78. The van der Waals surface area contributed by atoms with Gasteiger partial charge in [-0.05, 0) is 20.3 Å². The van der Waals surface area contributed by atoms with Crippen molar-refractivity contribution in [2.45, 2.75) is 32.9 Å². The summed E-state index contributed by atoms with van der Waals surface area (Å²) in [6.07, 6.45) is 2.32. The van der Waals surface area contributed by atoms with E-state index in [0.29, 0.717) is 6.42 Å². The van der Waals surface area contributed by atoms with Gasteiger partial charge in [-0.15, -0.1) is 6.58 Å². The van der Waals surface area contributed by atoms with Crippen molar-refractivity contribution in [3.8, 4) is 0 Å². The van der Waals surface area contributed by atoms with Crippen molar-refractivity contribution < 1.29 is 9.90 Å². The number of allylic oxidation sites excluding steroid dienone is 1. The van der Waals surface area contributed by atoms with Crippen LogP contribution >= 0.6 is 0 Å². The molecule has 0 aromatic heterocycles. The third-order valence-corrected chi connectivity index (χ3v) is 1.40. The Morgan fingerprint density at radius 1 is 1.75 bits per heavy atom. The van der Waals surface area contributed by atoms with Crippen LogP contribution in [0.3, 0.4) is 0 Å². The van der Waals surface area contributed by atoms with Gasteiger partial charge in [-0.1, -0.05) is 13.0 Å². The Morgan fingerprint density at radius 3 is 2.58 bits per heavy atom. The monoisotopic (exact) mass is 171 g/mol. The number of rotatable bonds is 4. The van der Waals surface area contributed by atoms with Crippen molar-refractivity contribution in [2.75, 3.05) is 0 Å². The number of hydrogen-bond acceptors (Lipinski definition) is 2. The molecule has 0 aliphatic carbocycles. The molecule has 3 heteroatoms. The van der Waals surface area contributed by atoms with Gasteiger partial charge < -0.3 is 10.4 Å². The molecule has 0 aromatic carbocycles. The number of nitrogens with one attached hydrogen (secondary N) is 1. The van der Waals surface area contributed by atoms with Gasteiger partial charge in [0.25, 0.3) is 0 Å². The summed E-state index contributed by atoms with van der Waals surface area (Å²) >= 11 is 0. The number of carbonyl (C=O) groups is 1. The van der Waals surface area contributed by atoms with E-state index in [2.05, 4.69) is 11.9 Å². The Labute approximate surface area is 73.5 Å². The van der Waals surface area contributed by atoms with Gasteiger partial charge in [-0.3, -0.25) is 4.79 Å². The summed E-state index contributed by atoms with van der Waals surface area (Å²) in [6, 6.07) is 0. The number of hydrogen-bond donors (Lipinski definition) is 2. The summed E-state index contributed by atoms with van der Waals surface area (Å²) in [5, 5.41) is 11.7. The van der Waals surface area contributed by atoms with E-state index in [0.717, 1.165) is 0 Å². The highest BCUT2D eigenvalue weighted by Gasteiger charge is 2.19. The minimum Gasteiger partial charge on any atom is -0.372 e. The standard InChI is InChI=1S/C9H17NO2/c1-5-6-7(2)8(11)10-9(3,4)12/h5,7,12H,1,6H2,2-4H3,(H,10,11)/t7-/m1/s1. The molecule has 0 heterocycles. The van der Waals surface area contributed by atoms with Crippen LogP contribution in [0.1, 0.15) is 27.2 Å². The molecule has 0 spiro atoms. The maximum Gasteiger partial charge on any atom is 0.225 e. The molecule has 0 bridgehead atoms. The van der Waals surface area contributed by atoms with Crippen molar-refractivity contribution in [1.29, 1.82) is 0 Å². The van der Waals surface area contributed by atoms with E-state index in [1.54, 1.807) is 13.0 Å². The molecule has 0 aliphatic rings. The molecule has 0 saturated heterocycles. The lowest BCUT2D eigenvalue weighted by Crippen LogP contribution is -2.45. The summed E-state index contributed by atoms with van der Waals surface area (Å²) in [4.78, 5) is 11.2. The Balaban J connectivity index is 3.95. The Kier molecular flexibility index (Phi) is 3.96. The van der Waals surface area contributed by atoms with Crippen molar-refractivity contribution in [1.82, 2.24) is 5.32 Å². The molecule has 3 nitrogen and oxygen atoms in total. The van der Waals surface area contributed by atoms with Crippen LogP contribution in [0.25, 0.3) is 0 Å². The van der Waals surface area contributed by atoms with Gasteiger partial charge in [0.05, 0.1) is 0 Å². The van der Waals surface area contributed by atoms with Crippen LogP contribution in [0.4, 0.5) is 0 Å². The van der Waals surface area contributed by atoms with Gasteiger partial charge in [0.1, 0.15) is 5.72 Å². The summed E-state index contributed by atoms with van der Waals surface area (Å²) in [6.45, 7) is 8.40. The zero-order valence-corrected chi connectivity index (χ0v) is 7.92. The zero-order chi connectivity index (χ0) is 9.78. The fraction of sp³-hybridized carbons (Fsp3) is 0.667. The third kappa shape index (κ3) is 4.91. The highest BCUT2D eigenvalue weighted by atomic mass is 16.3. The molecule has 0 fully saturated rings. The quantitative estimate of drug-likeness (QED) is 0.490. The predicted molar refractivity (Wildman–Crippen MR) is 48.4 cm³/mol. The second-order valence-corrected chi connectivity index (χ2v) is 3.47. The van der Waals surface area contributed by atoms with Crippen molar-refractivity contribution >= 4 is 5.91 Å². The lowest BCUT2D eigenvalue weighted by Gasteiger charge is -2.21. The maximum absolute atomic E-state index is 11.2. The van der Waals surface area contributed by atoms with E-state index >= 15 is 0 Å². The molecule has 2 N–H and O–H groups in total. The Hall–Kier alpha value is -0.830. The molecule has 70 valence electrons. The smallest absolute Gasteiger partial charge is 0.225 e. The largest absolute Gasteiger partial charge is 0.372 e. The molecule has 1 atom stereocenters. The number of aliphatic hydroxyl groups is 1. The number of carbonyl (C=O) groups excluding carboxylic acids is 1. The molecule has 0 unspecified atom stereocenters. The highest BCUT2D eigenvalue weighted by Crippen LogP contribution is 2.04. The summed E-state index contributed by atoms with van der Waals surface area (Å²) in [5.74, 6) is -0.281. The van der Waals surface area contributed by atoms with Crippen LogP contribution in [0.15, 0.2) is 12.7 Å². The first-order valence-electron chi connectivity index (χ1n) is 4.02. The minimum absolute atomic E-state index is 0.131. The fourth-order valence-corrected chi connectivity index (χ4v) is 0.782. The molecular weight excluding hydrogens is 154 g/mol. The molecule has 1 amide bonds. The van der Waals surface area contributed by atoms with E-state index in [1.807, 2.05) is 0 Å². The van der Waals surface area contributed by atoms with Crippen LogP contribution in [0.5, 0.6) is 0 Å². The van der Waals surface area contributed by atoms with Gasteiger partial charge in [0.2, 0.25) is 5.91 Å². The van der Waals surface area contributed by atoms with E-state index in [4.69, 9.17) is 0 Å². The first-order chi connectivity index (χ1) is 5.37. The van der Waals surface area contributed by atoms with Gasteiger partial charge in [-0.2, -0.15) is 0 Å². The van der Waals surface area contributed by atoms with Gasteiger partial charge >= 0.3 is 0 Å². The molecule has 0 aliphatic heterocycles. The third-order valence-electron chi connectivity index (χ3n) is 1.40. The molecule has 0 radical (unpaired) electrons. The second-order valence-electron chi connectivity index (χ2n) is 3.47. The van der Waals surface area contributed by atoms with Crippen LogP contribution in [-0.4, -0.2) is 16.7 Å². The normalized spacial score (nSPS) is 13.7. The molecular formula is C9H17NO2. The predicted octanol–water partition coefficient (Wildman–Crippen LogP) is 1.04. The van der Waals surface area contributed by atoms with Crippen molar-refractivity contribution in [3.63, 3.8) is 0 Å². The SMILES string of the molecule is C=CC[C@@H](C)C(=O)NC(C)(C)O. The van der Waals surface area contributed by atoms with Gasteiger partial charge in [0.15, 0.2) is 0 Å². The number of amides is 1. The first kappa shape index (κ1) is 11.2. The summed E-state index contributed by atoms with van der Waals surface area (Å²) < 4.78 is 0.